The number of ether oxygens (including phenoxy) is 1. The van der Waals surface area contributed by atoms with Crippen molar-refractivity contribution < 1.29 is 9.53 Å². The lowest BCUT2D eigenvalue weighted by molar-refractivity contribution is 0.0684. The SMILES string of the molecule is COc1ccc(Nc2cc(C(=O)N(Cc3ccccc3)C(C)C)ncn2)cc1. The van der Waals surface area contributed by atoms with Gasteiger partial charge in [-0.1, -0.05) is 30.3 Å². The summed E-state index contributed by atoms with van der Waals surface area (Å²) in [7, 11) is 1.63. The number of rotatable bonds is 7. The van der Waals surface area contributed by atoms with Crippen LogP contribution in [0.4, 0.5) is 11.5 Å². The van der Waals surface area contributed by atoms with Gasteiger partial charge in [-0.25, -0.2) is 9.97 Å². The average Bonchev–Trinajstić information content (AvgIpc) is 2.73. The first kappa shape index (κ1) is 19.4. The Morgan fingerprint density at radius 3 is 2.43 bits per heavy atom. The zero-order chi connectivity index (χ0) is 19.9. The van der Waals surface area contributed by atoms with Gasteiger partial charge in [0.2, 0.25) is 0 Å². The first-order valence-corrected chi connectivity index (χ1v) is 9.15. The zero-order valence-corrected chi connectivity index (χ0v) is 16.3. The van der Waals surface area contributed by atoms with Crippen LogP contribution in [-0.4, -0.2) is 33.9 Å². The molecule has 1 amide bonds. The van der Waals surface area contributed by atoms with E-state index in [1.54, 1.807) is 18.1 Å². The molecule has 6 heteroatoms. The van der Waals surface area contributed by atoms with Gasteiger partial charge < -0.3 is 15.0 Å². The van der Waals surface area contributed by atoms with E-state index in [0.29, 0.717) is 18.1 Å². The van der Waals surface area contributed by atoms with Crippen molar-refractivity contribution in [2.45, 2.75) is 26.4 Å². The van der Waals surface area contributed by atoms with Gasteiger partial charge in [0.25, 0.3) is 5.91 Å². The van der Waals surface area contributed by atoms with Crippen molar-refractivity contribution in [1.29, 1.82) is 0 Å². The normalized spacial score (nSPS) is 10.6. The van der Waals surface area contributed by atoms with E-state index >= 15 is 0 Å². The molecule has 0 unspecified atom stereocenters. The summed E-state index contributed by atoms with van der Waals surface area (Å²) in [6, 6.07) is 19.1. The van der Waals surface area contributed by atoms with Crippen LogP contribution < -0.4 is 10.1 Å². The Hall–Kier alpha value is -3.41. The lowest BCUT2D eigenvalue weighted by Gasteiger charge is -2.26. The highest BCUT2D eigenvalue weighted by atomic mass is 16.5. The van der Waals surface area contributed by atoms with Crippen LogP contribution in [-0.2, 0) is 6.54 Å². The molecule has 3 rings (SSSR count). The van der Waals surface area contributed by atoms with Crippen LogP contribution >= 0.6 is 0 Å². The predicted molar refractivity (Wildman–Crippen MR) is 110 cm³/mol. The Bertz CT molecular complexity index is 911. The molecule has 28 heavy (non-hydrogen) atoms. The summed E-state index contributed by atoms with van der Waals surface area (Å²) >= 11 is 0. The maximum atomic E-state index is 13.1. The summed E-state index contributed by atoms with van der Waals surface area (Å²) in [5.74, 6) is 1.21. The Kier molecular flexibility index (Phi) is 6.22. The summed E-state index contributed by atoms with van der Waals surface area (Å²) in [4.78, 5) is 23.3. The topological polar surface area (TPSA) is 67.3 Å². The highest BCUT2D eigenvalue weighted by Gasteiger charge is 2.21. The second kappa shape index (κ2) is 8.99. The van der Waals surface area contributed by atoms with E-state index in [0.717, 1.165) is 17.0 Å². The van der Waals surface area contributed by atoms with E-state index in [2.05, 4.69) is 15.3 Å². The molecule has 0 saturated carbocycles. The third-order valence-corrected chi connectivity index (χ3v) is 4.33. The van der Waals surface area contributed by atoms with Crippen molar-refractivity contribution in [3.63, 3.8) is 0 Å². The van der Waals surface area contributed by atoms with Crippen LogP contribution in [0.1, 0.15) is 29.9 Å². The van der Waals surface area contributed by atoms with E-state index in [-0.39, 0.29) is 11.9 Å². The van der Waals surface area contributed by atoms with Crippen LogP contribution in [0.15, 0.2) is 67.0 Å². The molecule has 1 aromatic heterocycles. The number of methoxy groups -OCH3 is 1. The number of anilines is 2. The zero-order valence-electron chi connectivity index (χ0n) is 16.3. The Labute approximate surface area is 165 Å². The molecule has 0 radical (unpaired) electrons. The highest BCUT2D eigenvalue weighted by Crippen LogP contribution is 2.20. The van der Waals surface area contributed by atoms with Crippen LogP contribution in [0.5, 0.6) is 5.75 Å². The number of nitrogens with zero attached hydrogens (tertiary/aromatic N) is 3. The Morgan fingerprint density at radius 1 is 1.07 bits per heavy atom. The molecule has 0 aliphatic heterocycles. The smallest absolute Gasteiger partial charge is 0.273 e. The van der Waals surface area contributed by atoms with Crippen molar-refractivity contribution in [1.82, 2.24) is 14.9 Å². The van der Waals surface area contributed by atoms with E-state index in [1.807, 2.05) is 68.4 Å². The maximum absolute atomic E-state index is 13.1. The van der Waals surface area contributed by atoms with Crippen molar-refractivity contribution >= 4 is 17.4 Å². The van der Waals surface area contributed by atoms with E-state index < -0.39 is 0 Å². The largest absolute Gasteiger partial charge is 0.497 e. The number of carbonyl (C=O) groups excluding carboxylic acids is 1. The molecule has 144 valence electrons. The summed E-state index contributed by atoms with van der Waals surface area (Å²) in [5, 5.41) is 3.19. The van der Waals surface area contributed by atoms with Gasteiger partial charge in [-0.15, -0.1) is 0 Å². The molecule has 0 spiro atoms. The van der Waals surface area contributed by atoms with E-state index in [4.69, 9.17) is 4.74 Å². The predicted octanol–water partition coefficient (Wildman–Crippen LogP) is 4.28. The molecule has 0 aliphatic carbocycles. The lowest BCUT2D eigenvalue weighted by atomic mass is 10.1. The third kappa shape index (κ3) is 4.85. The number of hydrogen-bond donors (Lipinski definition) is 1. The summed E-state index contributed by atoms with van der Waals surface area (Å²) in [5.41, 5.74) is 2.29. The van der Waals surface area contributed by atoms with Gasteiger partial charge in [0, 0.05) is 24.3 Å². The molecule has 2 aromatic carbocycles. The molecule has 6 nitrogen and oxygen atoms in total. The van der Waals surface area contributed by atoms with Crippen molar-refractivity contribution in [3.8, 4) is 5.75 Å². The van der Waals surface area contributed by atoms with Gasteiger partial charge in [0.05, 0.1) is 7.11 Å². The Morgan fingerprint density at radius 2 is 1.79 bits per heavy atom. The molecular weight excluding hydrogens is 352 g/mol. The minimum absolute atomic E-state index is 0.0423. The molecule has 0 saturated heterocycles. The number of benzene rings is 2. The molecule has 0 aliphatic rings. The maximum Gasteiger partial charge on any atom is 0.273 e. The monoisotopic (exact) mass is 376 g/mol. The van der Waals surface area contributed by atoms with E-state index in [9.17, 15) is 4.79 Å². The number of amides is 1. The molecular formula is C22H24N4O2. The highest BCUT2D eigenvalue weighted by molar-refractivity contribution is 5.93. The van der Waals surface area contributed by atoms with Crippen LogP contribution in [0.3, 0.4) is 0 Å². The van der Waals surface area contributed by atoms with Crippen LogP contribution in [0.25, 0.3) is 0 Å². The Balaban J connectivity index is 1.77. The van der Waals surface area contributed by atoms with Crippen molar-refractivity contribution in [2.75, 3.05) is 12.4 Å². The van der Waals surface area contributed by atoms with Crippen molar-refractivity contribution in [3.05, 3.63) is 78.2 Å². The third-order valence-electron chi connectivity index (χ3n) is 4.33. The second-order valence-corrected chi connectivity index (χ2v) is 6.65. The number of carbonyl (C=O) groups is 1. The van der Waals surface area contributed by atoms with Crippen LogP contribution in [0, 0.1) is 0 Å². The average molecular weight is 376 g/mol. The minimum Gasteiger partial charge on any atom is -0.497 e. The van der Waals surface area contributed by atoms with Crippen molar-refractivity contribution in [2.24, 2.45) is 0 Å². The molecule has 3 aromatic rings. The quantitative estimate of drug-likeness (QED) is 0.667. The summed E-state index contributed by atoms with van der Waals surface area (Å²) < 4.78 is 5.16. The van der Waals surface area contributed by atoms with Gasteiger partial charge in [-0.2, -0.15) is 0 Å². The number of aromatic nitrogens is 2. The molecule has 0 atom stereocenters. The molecule has 1 heterocycles. The molecule has 1 N–H and O–H groups in total. The fraction of sp³-hybridized carbons (Fsp3) is 0.227. The van der Waals surface area contributed by atoms with Crippen LogP contribution in [0.2, 0.25) is 0 Å². The lowest BCUT2D eigenvalue weighted by Crippen LogP contribution is -2.36. The van der Waals surface area contributed by atoms with Gasteiger partial charge in [-0.05, 0) is 43.7 Å². The van der Waals surface area contributed by atoms with Gasteiger partial charge in [-0.3, -0.25) is 4.79 Å². The first-order chi connectivity index (χ1) is 13.6. The second-order valence-electron chi connectivity index (χ2n) is 6.65. The van der Waals surface area contributed by atoms with Gasteiger partial charge in [0.15, 0.2) is 0 Å². The number of nitrogens with one attached hydrogen (secondary N) is 1. The van der Waals surface area contributed by atoms with E-state index in [1.165, 1.54) is 6.33 Å². The minimum atomic E-state index is -0.126. The number of hydrogen-bond acceptors (Lipinski definition) is 5. The standard InChI is InChI=1S/C22H24N4O2/c1-16(2)26(14-17-7-5-4-6-8-17)22(27)20-13-21(24-15-23-20)25-18-9-11-19(28-3)12-10-18/h4-13,15-16H,14H2,1-3H3,(H,23,24,25). The molecule has 0 fully saturated rings. The molecule has 0 bridgehead atoms. The van der Waals surface area contributed by atoms with Gasteiger partial charge >= 0.3 is 0 Å². The fourth-order valence-electron chi connectivity index (χ4n) is 2.78. The summed E-state index contributed by atoms with van der Waals surface area (Å²) in [6.07, 6.45) is 1.40. The van der Waals surface area contributed by atoms with Gasteiger partial charge in [0.1, 0.15) is 23.6 Å². The first-order valence-electron chi connectivity index (χ1n) is 9.15. The summed E-state index contributed by atoms with van der Waals surface area (Å²) in [6.45, 7) is 4.53. The fourth-order valence-corrected chi connectivity index (χ4v) is 2.78.